The first kappa shape index (κ1) is 17.2. The number of nitrogens with one attached hydrogen (secondary N) is 1. The number of hydrogen-bond acceptors (Lipinski definition) is 3. The Labute approximate surface area is 149 Å². The molecule has 1 aliphatic rings. The minimum Gasteiger partial charge on any atom is -0.495 e. The fourth-order valence-corrected chi connectivity index (χ4v) is 3.02. The first-order chi connectivity index (χ1) is 12.0. The third-order valence-corrected chi connectivity index (χ3v) is 4.33. The van der Waals surface area contributed by atoms with Gasteiger partial charge in [-0.1, -0.05) is 17.7 Å². The number of halogens is 2. The molecule has 1 saturated heterocycles. The lowest BCUT2D eigenvalue weighted by molar-refractivity contribution is -0.122. The second-order valence-electron chi connectivity index (χ2n) is 5.72. The normalized spacial score (nSPS) is 16.8. The Kier molecular flexibility index (Phi) is 4.90. The Morgan fingerprint density at radius 2 is 2.12 bits per heavy atom. The SMILES string of the molecule is COc1ccc(N2CC(C(=O)Nc3cccc(F)c3)CC2=O)cc1Cl. The van der Waals surface area contributed by atoms with Gasteiger partial charge in [-0.05, 0) is 36.4 Å². The number of hydrogen-bond donors (Lipinski definition) is 1. The third kappa shape index (κ3) is 3.74. The molecule has 0 aliphatic carbocycles. The highest BCUT2D eigenvalue weighted by atomic mass is 35.5. The van der Waals surface area contributed by atoms with Crippen molar-refractivity contribution >= 4 is 34.8 Å². The van der Waals surface area contributed by atoms with Crippen LogP contribution < -0.4 is 15.0 Å². The van der Waals surface area contributed by atoms with Crippen molar-refractivity contribution in [3.8, 4) is 5.75 Å². The zero-order valence-electron chi connectivity index (χ0n) is 13.5. The van der Waals surface area contributed by atoms with E-state index in [4.69, 9.17) is 16.3 Å². The van der Waals surface area contributed by atoms with Gasteiger partial charge in [-0.2, -0.15) is 0 Å². The fraction of sp³-hybridized carbons (Fsp3) is 0.222. The molecule has 1 N–H and O–H groups in total. The summed E-state index contributed by atoms with van der Waals surface area (Å²) >= 11 is 6.10. The van der Waals surface area contributed by atoms with E-state index in [1.165, 1.54) is 30.2 Å². The van der Waals surface area contributed by atoms with Crippen molar-refractivity contribution in [2.75, 3.05) is 23.9 Å². The van der Waals surface area contributed by atoms with Crippen LogP contribution in [0, 0.1) is 11.7 Å². The average Bonchev–Trinajstić information content (AvgIpc) is 2.97. The summed E-state index contributed by atoms with van der Waals surface area (Å²) in [5.74, 6) is -0.925. The molecule has 1 aliphatic heterocycles. The first-order valence-electron chi connectivity index (χ1n) is 7.68. The first-order valence-corrected chi connectivity index (χ1v) is 8.06. The van der Waals surface area contributed by atoms with Crippen molar-refractivity contribution in [3.63, 3.8) is 0 Å². The Morgan fingerprint density at radius 3 is 2.80 bits per heavy atom. The summed E-state index contributed by atoms with van der Waals surface area (Å²) in [4.78, 5) is 26.1. The van der Waals surface area contributed by atoms with E-state index in [1.54, 1.807) is 24.3 Å². The minimum absolute atomic E-state index is 0.0881. The molecule has 7 heteroatoms. The number of amides is 2. The van der Waals surface area contributed by atoms with Gasteiger partial charge in [0, 0.05) is 24.3 Å². The highest BCUT2D eigenvalue weighted by Gasteiger charge is 2.35. The molecule has 2 aromatic rings. The third-order valence-electron chi connectivity index (χ3n) is 4.04. The summed E-state index contributed by atoms with van der Waals surface area (Å²) in [6.07, 6.45) is 0.0881. The Morgan fingerprint density at radius 1 is 1.32 bits per heavy atom. The van der Waals surface area contributed by atoms with E-state index in [-0.39, 0.29) is 24.8 Å². The lowest BCUT2D eigenvalue weighted by Crippen LogP contribution is -2.28. The molecule has 0 saturated carbocycles. The summed E-state index contributed by atoms with van der Waals surface area (Å²) in [6.45, 7) is 0.239. The van der Waals surface area contributed by atoms with Gasteiger partial charge < -0.3 is 15.0 Å². The van der Waals surface area contributed by atoms with Crippen molar-refractivity contribution in [2.45, 2.75) is 6.42 Å². The van der Waals surface area contributed by atoms with E-state index in [9.17, 15) is 14.0 Å². The van der Waals surface area contributed by atoms with Crippen LogP contribution in [0.2, 0.25) is 5.02 Å². The second-order valence-corrected chi connectivity index (χ2v) is 6.13. The average molecular weight is 363 g/mol. The van der Waals surface area contributed by atoms with Crippen LogP contribution in [0.3, 0.4) is 0 Å². The van der Waals surface area contributed by atoms with Crippen LogP contribution in [0.5, 0.6) is 5.75 Å². The molecule has 1 unspecified atom stereocenters. The van der Waals surface area contributed by atoms with Gasteiger partial charge in [-0.15, -0.1) is 0 Å². The number of methoxy groups -OCH3 is 1. The molecule has 2 amide bonds. The summed E-state index contributed by atoms with van der Waals surface area (Å²) in [7, 11) is 1.51. The maximum atomic E-state index is 13.2. The van der Waals surface area contributed by atoms with Gasteiger partial charge in [-0.3, -0.25) is 9.59 Å². The molecular weight excluding hydrogens is 347 g/mol. The van der Waals surface area contributed by atoms with Crippen LogP contribution in [0.25, 0.3) is 0 Å². The monoisotopic (exact) mass is 362 g/mol. The number of carbonyl (C=O) groups is 2. The number of ether oxygens (including phenoxy) is 1. The van der Waals surface area contributed by atoms with Crippen molar-refractivity contribution < 1.29 is 18.7 Å². The summed E-state index contributed by atoms with van der Waals surface area (Å²) in [5, 5.41) is 3.03. The largest absolute Gasteiger partial charge is 0.495 e. The van der Waals surface area contributed by atoms with E-state index in [0.717, 1.165) is 0 Å². The van der Waals surface area contributed by atoms with Gasteiger partial charge in [0.25, 0.3) is 0 Å². The Hall–Kier alpha value is -2.60. The van der Waals surface area contributed by atoms with Crippen LogP contribution in [0.4, 0.5) is 15.8 Å². The topological polar surface area (TPSA) is 58.6 Å². The standard InChI is InChI=1S/C18H16ClFN2O3/c1-25-16-6-5-14(9-15(16)19)22-10-11(7-17(22)23)18(24)21-13-4-2-3-12(20)8-13/h2-6,8-9,11H,7,10H2,1H3,(H,21,24). The van der Waals surface area contributed by atoms with Gasteiger partial charge in [0.15, 0.2) is 0 Å². The van der Waals surface area contributed by atoms with Crippen molar-refractivity contribution in [2.24, 2.45) is 5.92 Å². The maximum Gasteiger partial charge on any atom is 0.229 e. The fourth-order valence-electron chi connectivity index (χ4n) is 2.77. The van der Waals surface area contributed by atoms with Crippen LogP contribution >= 0.6 is 11.6 Å². The number of carbonyl (C=O) groups excluding carboxylic acids is 2. The Balaban J connectivity index is 1.71. The van der Waals surface area contributed by atoms with E-state index in [2.05, 4.69) is 5.32 Å². The predicted molar refractivity (Wildman–Crippen MR) is 93.5 cm³/mol. The number of anilines is 2. The van der Waals surface area contributed by atoms with E-state index in [0.29, 0.717) is 22.1 Å². The highest BCUT2D eigenvalue weighted by molar-refractivity contribution is 6.32. The molecule has 130 valence electrons. The van der Waals surface area contributed by atoms with Crippen LogP contribution in [-0.2, 0) is 9.59 Å². The molecule has 0 aromatic heterocycles. The van der Waals surface area contributed by atoms with Gasteiger partial charge in [-0.25, -0.2) is 4.39 Å². The van der Waals surface area contributed by atoms with Crippen LogP contribution in [-0.4, -0.2) is 25.5 Å². The highest BCUT2D eigenvalue weighted by Crippen LogP contribution is 2.32. The molecule has 0 spiro atoms. The number of rotatable bonds is 4. The van der Waals surface area contributed by atoms with Gasteiger partial charge in [0.2, 0.25) is 11.8 Å². The van der Waals surface area contributed by atoms with E-state index < -0.39 is 11.7 Å². The van der Waals surface area contributed by atoms with Crippen molar-refractivity contribution in [1.29, 1.82) is 0 Å². The summed E-state index contributed by atoms with van der Waals surface area (Å²) in [5.41, 5.74) is 0.972. The number of nitrogens with zero attached hydrogens (tertiary/aromatic N) is 1. The second kappa shape index (κ2) is 7.11. The zero-order chi connectivity index (χ0) is 18.0. The summed E-state index contributed by atoms with van der Waals surface area (Å²) in [6, 6.07) is 10.7. The molecule has 2 aromatic carbocycles. The van der Waals surface area contributed by atoms with E-state index >= 15 is 0 Å². The molecule has 0 bridgehead atoms. The molecule has 1 fully saturated rings. The van der Waals surface area contributed by atoms with Crippen LogP contribution in [0.15, 0.2) is 42.5 Å². The van der Waals surface area contributed by atoms with Gasteiger partial charge >= 0.3 is 0 Å². The molecule has 25 heavy (non-hydrogen) atoms. The predicted octanol–water partition coefficient (Wildman–Crippen LogP) is 3.48. The Bertz CT molecular complexity index is 828. The molecule has 1 atom stereocenters. The minimum atomic E-state index is -0.517. The van der Waals surface area contributed by atoms with Gasteiger partial charge in [0.05, 0.1) is 18.1 Å². The molecule has 5 nitrogen and oxygen atoms in total. The lowest BCUT2D eigenvalue weighted by Gasteiger charge is -2.18. The molecule has 0 radical (unpaired) electrons. The smallest absolute Gasteiger partial charge is 0.229 e. The van der Waals surface area contributed by atoms with Crippen molar-refractivity contribution in [1.82, 2.24) is 0 Å². The van der Waals surface area contributed by atoms with Crippen LogP contribution in [0.1, 0.15) is 6.42 Å². The summed E-state index contributed by atoms with van der Waals surface area (Å²) < 4.78 is 18.3. The quantitative estimate of drug-likeness (QED) is 0.905. The molecule has 3 rings (SSSR count). The molecule has 1 heterocycles. The van der Waals surface area contributed by atoms with Gasteiger partial charge in [0.1, 0.15) is 11.6 Å². The lowest BCUT2D eigenvalue weighted by atomic mass is 10.1. The number of benzene rings is 2. The van der Waals surface area contributed by atoms with Crippen molar-refractivity contribution in [3.05, 3.63) is 53.3 Å². The molecular formula is C18H16ClFN2O3. The van der Waals surface area contributed by atoms with E-state index in [1.807, 2.05) is 0 Å². The zero-order valence-corrected chi connectivity index (χ0v) is 14.2. The maximum absolute atomic E-state index is 13.2.